The Bertz CT molecular complexity index is 7070. The topological polar surface area (TPSA) is 264 Å². The Morgan fingerprint density at radius 1 is 0.497 bits per heavy atom. The van der Waals surface area contributed by atoms with Crippen LogP contribution in [-0.4, -0.2) is 172 Å². The van der Waals surface area contributed by atoms with Gasteiger partial charge in [-0.25, -0.2) is 63.0 Å². The van der Waals surface area contributed by atoms with E-state index in [0.717, 1.165) is 168 Å². The molecule has 26 nitrogen and oxygen atoms in total. The van der Waals surface area contributed by atoms with Crippen LogP contribution in [0.1, 0.15) is 236 Å². The molecule has 12 heterocycles. The number of alkyl halides is 3. The molecule has 3 aromatic carbocycles. The summed E-state index contributed by atoms with van der Waals surface area (Å²) < 4.78 is 101. The summed E-state index contributed by atoms with van der Waals surface area (Å²) >= 11 is 7.85. The summed E-state index contributed by atoms with van der Waals surface area (Å²) in [6.45, 7) is 32.9. The molecular weight excluding hydrogens is 2000 g/mol. The number of ether oxygens (including phenoxy) is 1. The summed E-state index contributed by atoms with van der Waals surface area (Å²) in [5.41, 5.74) is 7.09. The third-order valence-electron chi connectivity index (χ3n) is 25.9. The van der Waals surface area contributed by atoms with Crippen LogP contribution in [0.4, 0.5) is 26.3 Å². The van der Waals surface area contributed by atoms with Gasteiger partial charge < -0.3 is 52.1 Å². The normalized spacial score (nSPS) is 13.4. The van der Waals surface area contributed by atoms with Crippen LogP contribution in [0, 0.1) is 65.8 Å². The van der Waals surface area contributed by atoms with Crippen LogP contribution < -0.4 is 4.74 Å². The zero-order valence-corrected chi connectivity index (χ0v) is 89.3. The molecule has 4 saturated carbocycles. The van der Waals surface area contributed by atoms with Crippen molar-refractivity contribution in [1.29, 1.82) is 0 Å². The summed E-state index contributed by atoms with van der Waals surface area (Å²) in [5.74, 6) is 4.79. The minimum atomic E-state index is -4.85. The van der Waals surface area contributed by atoms with Crippen molar-refractivity contribution < 1.29 is 55.1 Å². The molecule has 0 spiro atoms. The second-order valence-electron chi connectivity index (χ2n) is 39.3. The van der Waals surface area contributed by atoms with Crippen molar-refractivity contribution in [2.24, 2.45) is 41.4 Å². The molecule has 0 saturated heterocycles. The van der Waals surface area contributed by atoms with Gasteiger partial charge in [0.05, 0.1) is 69.6 Å². The first-order valence-corrected chi connectivity index (χ1v) is 54.6. The highest BCUT2D eigenvalue weighted by Crippen LogP contribution is 2.40. The van der Waals surface area contributed by atoms with Crippen molar-refractivity contribution in [3.8, 4) is 5.75 Å². The number of nitrogens with zero attached hydrogens (tertiary/aromatic N) is 20. The number of aromatic nitrogens is 15. The number of hydrogen-bond donors (Lipinski definition) is 0. The van der Waals surface area contributed by atoms with E-state index in [1.165, 1.54) is 77.2 Å². The molecule has 0 aliphatic heterocycles. The average Bonchev–Trinajstić information content (AvgIpc) is 1.40. The Kier molecular flexibility index (Phi) is 37.3. The highest BCUT2D eigenvalue weighted by Gasteiger charge is 2.40. The van der Waals surface area contributed by atoms with Gasteiger partial charge >= 0.3 is 6.18 Å². The van der Waals surface area contributed by atoms with Gasteiger partial charge in [0.15, 0.2) is 28.2 Å². The molecule has 0 atom stereocenters. The molecule has 4 aliphatic carbocycles. The molecule has 776 valence electrons. The third-order valence-corrected chi connectivity index (χ3v) is 29.6. The van der Waals surface area contributed by atoms with Crippen LogP contribution in [0.3, 0.4) is 0 Å². The first kappa shape index (κ1) is 109. The van der Waals surface area contributed by atoms with Crippen LogP contribution in [0.2, 0.25) is 0 Å². The molecule has 0 unspecified atom stereocenters. The van der Waals surface area contributed by atoms with Gasteiger partial charge in [-0.15, -0.1) is 41.0 Å². The monoisotopic (exact) mass is 2130 g/mol. The van der Waals surface area contributed by atoms with Crippen molar-refractivity contribution in [3.05, 3.63) is 271 Å². The van der Waals surface area contributed by atoms with Crippen molar-refractivity contribution >= 4 is 136 Å². The molecule has 4 aliphatic rings. The number of unbranched alkanes of at least 4 members (excludes halogenated alkanes) is 1. The van der Waals surface area contributed by atoms with E-state index in [0.29, 0.717) is 128 Å². The van der Waals surface area contributed by atoms with Gasteiger partial charge in [0.1, 0.15) is 84.8 Å². The van der Waals surface area contributed by atoms with Crippen molar-refractivity contribution in [3.63, 3.8) is 0 Å². The number of amides is 5. The van der Waals surface area contributed by atoms with Crippen LogP contribution in [0.5, 0.6) is 5.75 Å². The van der Waals surface area contributed by atoms with E-state index in [-0.39, 0.29) is 58.6 Å². The van der Waals surface area contributed by atoms with E-state index in [1.807, 2.05) is 146 Å². The highest BCUT2D eigenvalue weighted by atomic mass is 79.9. The Labute approximate surface area is 874 Å². The Morgan fingerprint density at radius 3 is 1.35 bits per heavy atom. The van der Waals surface area contributed by atoms with Gasteiger partial charge in [0.25, 0.3) is 29.5 Å². The number of halogens is 7. The zero-order valence-electron chi connectivity index (χ0n) is 85.3. The number of benzene rings is 3. The molecule has 5 amide bonds. The van der Waals surface area contributed by atoms with Gasteiger partial charge in [0, 0.05) is 102 Å². The number of pyridine rings is 5. The maximum absolute atomic E-state index is 14.6. The smallest absolute Gasteiger partial charge is 0.417 e. The number of imidazole rings is 5. The van der Waals surface area contributed by atoms with E-state index < -0.39 is 40.7 Å². The number of thioether (sulfide) groups is 1. The second kappa shape index (κ2) is 50.4. The number of thiophene rings is 2. The van der Waals surface area contributed by atoms with Crippen molar-refractivity contribution in [2.75, 3.05) is 45.6 Å². The Morgan fingerprint density at radius 2 is 0.939 bits per heavy atom. The van der Waals surface area contributed by atoms with Crippen molar-refractivity contribution in [2.45, 2.75) is 229 Å². The number of fused-ring (bicyclic) bond motifs is 5. The van der Waals surface area contributed by atoms with Gasteiger partial charge in [-0.1, -0.05) is 86.1 Å². The fourth-order valence-corrected chi connectivity index (χ4v) is 20.1. The molecule has 36 heteroatoms. The second-order valence-corrected chi connectivity index (χ2v) is 43.2. The predicted molar refractivity (Wildman–Crippen MR) is 570 cm³/mol. The molecule has 147 heavy (non-hydrogen) atoms. The lowest BCUT2D eigenvalue weighted by Crippen LogP contribution is -2.35. The Hall–Kier alpha value is -12.5. The number of carbonyl (C=O) groups excluding carboxylic acids is 5. The molecule has 0 N–H and O–H groups in total. The van der Waals surface area contributed by atoms with Gasteiger partial charge in [-0.05, 0) is 281 Å². The minimum Gasteiger partial charge on any atom is -0.492 e. The van der Waals surface area contributed by atoms with Gasteiger partial charge in [-0.3, -0.25) is 24.0 Å². The lowest BCUT2D eigenvalue weighted by atomic mass is 10.0. The standard InChI is InChI=1S/C24H26F4N4O.C23H30N4O2S.C22H27FN4O.C21H20BrFN4O.C21H26N4OS2/c1-15(2)10-12-31(23(33)21-17(24(26,27)28)5-3-6-18(21)25)14-20-30-19-7-4-11-29-22(19)32(20)13-16-8-9-16;1-4-29-19-10-13-30-21(19)23(28)26(12-9-16(2)3)15-20-25-18-6-5-11-24-22(18)27(20)14-17-7-8-17;1-5-12-27-19(25-18-10-7-11-24-21(18)27)14-26(13-15(2)3)22(28)17-9-6-8-16(4)20(17)23;1-2-10-26(21(28)15-7-8-17(23)16(22)11-15)13-19-25-18-4-3-9-24-20(18)27(19)12-14-5-6-14;1-3-4-12-24(21(26)17-9-10-19(27-2)28-17)14-18-23-16-6-5-11-22-20(16)25(18)13-15-7-8-15/h3-7,11,15-16H,8-10,12-14H2,1-2H3;5-6,10-11,13,16-17H,4,7-9,12,14-15H2,1-3H3;6-11,15H,5,12-14H2,1-4H3;2-4,7-9,11,14H,1,5-6,10,12-13H2;5-6,9-11,15H,3-4,7-8,12-14H2,1-2H3. The Balaban J connectivity index is 0.000000138. The summed E-state index contributed by atoms with van der Waals surface area (Å²) in [6, 6.07) is 36.7. The summed E-state index contributed by atoms with van der Waals surface area (Å²) in [4.78, 5) is 123. The predicted octanol–water partition coefficient (Wildman–Crippen LogP) is 24.9. The van der Waals surface area contributed by atoms with Crippen LogP contribution in [0.25, 0.3) is 55.8 Å². The van der Waals surface area contributed by atoms with E-state index in [1.54, 1.807) is 88.8 Å². The lowest BCUT2D eigenvalue weighted by molar-refractivity contribution is -0.138. The maximum atomic E-state index is 14.6. The number of carbonyl (C=O) groups is 5. The highest BCUT2D eigenvalue weighted by molar-refractivity contribution is 9.10. The summed E-state index contributed by atoms with van der Waals surface area (Å²) in [6.07, 6.45) is 21.9. The van der Waals surface area contributed by atoms with E-state index >= 15 is 0 Å². The summed E-state index contributed by atoms with van der Waals surface area (Å²) in [5, 5.41) is 1.92. The largest absolute Gasteiger partial charge is 0.492 e. The van der Waals surface area contributed by atoms with Crippen LogP contribution >= 0.6 is 50.4 Å². The van der Waals surface area contributed by atoms with E-state index in [9.17, 15) is 50.3 Å². The number of aryl methyl sites for hydroxylation is 2. The average molecular weight is 2130 g/mol. The SMILES string of the molecule is C=CCN(Cc1nc2cccnc2n1CC1CC1)C(=O)c1ccc(F)c(Br)c1.CC(C)CCN(Cc1nc2cccnc2n1CC1CC1)C(=O)c1c(F)cccc1C(F)(F)F.CCCCN(Cc1nc2cccnc2n1CC1CC1)C(=O)c1ccc(SC)s1.CCCn1c(CN(CC(C)C)C(=O)c2cccc(C)c2F)nc2cccnc21.CCOc1ccsc1C(=O)N(CCC(C)C)Cc1nc2cccnc2n1CC1CC1. The molecule has 15 aromatic rings. The van der Waals surface area contributed by atoms with Crippen molar-refractivity contribution in [1.82, 2.24) is 97.2 Å². The molecule has 12 aromatic heterocycles. The van der Waals surface area contributed by atoms with Gasteiger partial charge in [0.2, 0.25) is 0 Å². The van der Waals surface area contributed by atoms with Crippen LogP contribution in [0.15, 0.2) is 191 Å². The fourth-order valence-electron chi connectivity index (χ4n) is 17.4. The molecule has 0 radical (unpaired) electrons. The van der Waals surface area contributed by atoms with E-state index in [4.69, 9.17) is 24.7 Å². The van der Waals surface area contributed by atoms with Gasteiger partial charge in [-0.2, -0.15) is 13.2 Å². The molecular formula is C111H129BrF6N20O6S3. The maximum Gasteiger partial charge on any atom is 0.417 e. The van der Waals surface area contributed by atoms with E-state index in [2.05, 4.69) is 98.4 Å². The molecule has 4 fully saturated rings. The first-order valence-electron chi connectivity index (χ1n) is 50.9. The number of rotatable bonds is 41. The quantitative estimate of drug-likeness (QED) is 0.0196. The summed E-state index contributed by atoms with van der Waals surface area (Å²) in [7, 11) is 0. The fraction of sp³-hybridized carbons (Fsp3) is 0.432. The molecule has 19 rings (SSSR count). The first-order chi connectivity index (χ1) is 70.9. The van der Waals surface area contributed by atoms with Crippen LogP contribution in [-0.2, 0) is 71.6 Å². The molecule has 0 bridgehead atoms. The zero-order chi connectivity index (χ0) is 104. The lowest BCUT2D eigenvalue weighted by Gasteiger charge is -2.25. The number of hydrogen-bond acceptors (Lipinski definition) is 19. The third kappa shape index (κ3) is 28.3. The minimum absolute atomic E-state index is 0.0205.